The quantitative estimate of drug-likeness (QED) is 0.381. The predicted octanol–water partition coefficient (Wildman–Crippen LogP) is 5.69. The first kappa shape index (κ1) is 22.4. The number of nitrogens with one attached hydrogen (secondary N) is 1. The third kappa shape index (κ3) is 4.82. The monoisotopic (exact) mass is 464 g/mol. The number of pyridine rings is 1. The van der Waals surface area contributed by atoms with E-state index in [2.05, 4.69) is 32.1 Å². The van der Waals surface area contributed by atoms with Crippen LogP contribution >= 0.6 is 11.6 Å². The average Bonchev–Trinajstić information content (AvgIpc) is 2.73. The number of benzene rings is 1. The number of nitrogen functional groups attached to an aromatic ring is 1. The lowest BCUT2D eigenvalue weighted by Crippen LogP contribution is -2.33. The number of aromatic nitrogens is 3. The minimum atomic E-state index is -4.48. The summed E-state index contributed by atoms with van der Waals surface area (Å²) in [5.74, 6) is 1.93. The van der Waals surface area contributed by atoms with Gasteiger partial charge in [0, 0.05) is 24.2 Å². The zero-order valence-corrected chi connectivity index (χ0v) is 18.5. The second kappa shape index (κ2) is 8.61. The molecule has 32 heavy (non-hydrogen) atoms. The van der Waals surface area contributed by atoms with Crippen LogP contribution < -0.4 is 16.0 Å². The van der Waals surface area contributed by atoms with Gasteiger partial charge >= 0.3 is 6.18 Å². The molecule has 1 atom stereocenters. The van der Waals surface area contributed by atoms with Crippen molar-refractivity contribution < 1.29 is 13.2 Å². The second-order valence-corrected chi connectivity index (χ2v) is 8.66. The lowest BCUT2D eigenvalue weighted by atomic mass is 9.99. The highest BCUT2D eigenvalue weighted by Gasteiger charge is 2.31. The maximum Gasteiger partial charge on any atom is 0.416 e. The Morgan fingerprint density at radius 3 is 2.56 bits per heavy atom. The highest BCUT2D eigenvalue weighted by Crippen LogP contribution is 2.34. The van der Waals surface area contributed by atoms with Gasteiger partial charge in [-0.2, -0.15) is 13.2 Å². The van der Waals surface area contributed by atoms with Crippen LogP contribution in [-0.4, -0.2) is 28.0 Å². The summed E-state index contributed by atoms with van der Waals surface area (Å²) >= 11 is 6.10. The molecule has 0 aliphatic carbocycles. The predicted molar refractivity (Wildman–Crippen MR) is 121 cm³/mol. The molecule has 1 aliphatic rings. The van der Waals surface area contributed by atoms with Crippen molar-refractivity contribution in [1.82, 2.24) is 15.0 Å². The van der Waals surface area contributed by atoms with E-state index >= 15 is 0 Å². The fraction of sp³-hybridized carbons (Fsp3) is 0.409. The van der Waals surface area contributed by atoms with Crippen LogP contribution in [-0.2, 0) is 6.18 Å². The molecule has 4 rings (SSSR count). The fourth-order valence-corrected chi connectivity index (χ4v) is 4.07. The van der Waals surface area contributed by atoms with E-state index in [4.69, 9.17) is 17.3 Å². The van der Waals surface area contributed by atoms with Crippen LogP contribution in [0.25, 0.3) is 10.9 Å². The van der Waals surface area contributed by atoms with E-state index in [-0.39, 0.29) is 11.0 Å². The summed E-state index contributed by atoms with van der Waals surface area (Å²) in [6.07, 6.45) is -0.651. The molecule has 2 aromatic heterocycles. The van der Waals surface area contributed by atoms with E-state index in [1.807, 2.05) is 6.07 Å². The van der Waals surface area contributed by atoms with Crippen LogP contribution in [0.2, 0.25) is 5.28 Å². The maximum atomic E-state index is 13.2. The Bertz CT molecular complexity index is 1130. The van der Waals surface area contributed by atoms with Gasteiger partial charge in [0.1, 0.15) is 11.6 Å². The third-order valence-corrected chi connectivity index (χ3v) is 5.98. The number of anilines is 3. The number of nitrogens with zero attached hydrogens (tertiary/aromatic N) is 4. The van der Waals surface area contributed by atoms with Crippen molar-refractivity contribution in [2.45, 2.75) is 38.9 Å². The summed E-state index contributed by atoms with van der Waals surface area (Å²) in [6, 6.07) is 4.91. The number of hydrogen-bond donors (Lipinski definition) is 2. The van der Waals surface area contributed by atoms with Crippen LogP contribution in [0.5, 0.6) is 0 Å². The average molecular weight is 465 g/mol. The smallest absolute Gasteiger partial charge is 0.399 e. The third-order valence-electron chi connectivity index (χ3n) is 5.81. The van der Waals surface area contributed by atoms with Crippen molar-refractivity contribution in [2.75, 3.05) is 29.0 Å². The van der Waals surface area contributed by atoms with Gasteiger partial charge in [-0.25, -0.2) is 15.0 Å². The summed E-state index contributed by atoms with van der Waals surface area (Å²) in [5, 5.41) is 3.90. The topological polar surface area (TPSA) is 80.0 Å². The number of hydrogen-bond acceptors (Lipinski definition) is 6. The molecule has 1 aliphatic heterocycles. The number of alkyl halides is 3. The number of piperidine rings is 1. The van der Waals surface area contributed by atoms with E-state index in [0.29, 0.717) is 28.2 Å². The Balaban J connectivity index is 1.68. The maximum absolute atomic E-state index is 13.2. The highest BCUT2D eigenvalue weighted by molar-refractivity contribution is 6.28. The van der Waals surface area contributed by atoms with Crippen LogP contribution in [0.3, 0.4) is 0 Å². The lowest BCUT2D eigenvalue weighted by Gasteiger charge is -2.31. The van der Waals surface area contributed by atoms with Gasteiger partial charge in [0.05, 0.1) is 23.3 Å². The Morgan fingerprint density at radius 2 is 1.88 bits per heavy atom. The first-order chi connectivity index (χ1) is 15.1. The van der Waals surface area contributed by atoms with Crippen molar-refractivity contribution in [1.29, 1.82) is 0 Å². The van der Waals surface area contributed by atoms with Crippen molar-refractivity contribution in [3.05, 3.63) is 46.9 Å². The van der Waals surface area contributed by atoms with Gasteiger partial charge in [-0.3, -0.25) is 0 Å². The standard InChI is InChI=1S/C22H24ClF3N6/c1-12-3-5-32(6-4-12)19-10-17-18(11-28-19)30-21(23)31-20(17)29-13(2)14-7-15(22(24,25)26)9-16(27)8-14/h7-13H,3-6,27H2,1-2H3,(H,29,30,31)/t13-/m1/s1. The SMILES string of the molecule is CC1CCN(c2cc3c(N[C@H](C)c4cc(N)cc(C(F)(F)F)c4)nc(Cl)nc3cn2)CC1. The molecule has 0 radical (unpaired) electrons. The summed E-state index contributed by atoms with van der Waals surface area (Å²) in [5.41, 5.74) is 5.91. The van der Waals surface area contributed by atoms with Gasteiger partial charge in [-0.1, -0.05) is 6.92 Å². The van der Waals surface area contributed by atoms with Crippen LogP contribution in [0.1, 0.15) is 43.9 Å². The normalized spacial score (nSPS) is 16.4. The zero-order chi connectivity index (χ0) is 23.0. The molecule has 1 aromatic carbocycles. The molecule has 0 saturated carbocycles. The van der Waals surface area contributed by atoms with Crippen molar-refractivity contribution in [3.63, 3.8) is 0 Å². The summed E-state index contributed by atoms with van der Waals surface area (Å²) < 4.78 is 39.7. The first-order valence-corrected chi connectivity index (χ1v) is 10.8. The van der Waals surface area contributed by atoms with Gasteiger partial charge in [0.2, 0.25) is 5.28 Å². The van der Waals surface area contributed by atoms with Gasteiger partial charge in [0.25, 0.3) is 0 Å². The van der Waals surface area contributed by atoms with E-state index < -0.39 is 17.8 Å². The Labute approximate surface area is 189 Å². The summed E-state index contributed by atoms with van der Waals surface area (Å²) in [4.78, 5) is 15.3. The molecule has 0 bridgehead atoms. The Hall–Kier alpha value is -2.81. The van der Waals surface area contributed by atoms with Gasteiger partial charge < -0.3 is 16.0 Å². The molecule has 0 amide bonds. The van der Waals surface area contributed by atoms with Crippen molar-refractivity contribution >= 4 is 39.8 Å². The minimum absolute atomic E-state index is 0.0251. The van der Waals surface area contributed by atoms with E-state index in [0.717, 1.165) is 43.9 Å². The fourth-order valence-electron chi connectivity index (χ4n) is 3.89. The number of halogens is 4. The Kier molecular flexibility index (Phi) is 6.03. The molecule has 0 unspecified atom stereocenters. The molecule has 1 saturated heterocycles. The Morgan fingerprint density at radius 1 is 1.16 bits per heavy atom. The van der Waals surface area contributed by atoms with Crippen molar-refractivity contribution in [3.8, 4) is 0 Å². The van der Waals surface area contributed by atoms with Crippen molar-refractivity contribution in [2.24, 2.45) is 5.92 Å². The number of fused-ring (bicyclic) bond motifs is 1. The molecule has 3 N–H and O–H groups in total. The van der Waals surface area contributed by atoms with Crippen LogP contribution in [0.15, 0.2) is 30.5 Å². The molecule has 6 nitrogen and oxygen atoms in total. The van der Waals surface area contributed by atoms with Gasteiger partial charge in [-0.15, -0.1) is 0 Å². The van der Waals surface area contributed by atoms with Gasteiger partial charge in [0.15, 0.2) is 0 Å². The van der Waals surface area contributed by atoms with Crippen LogP contribution in [0.4, 0.5) is 30.5 Å². The number of rotatable bonds is 4. The largest absolute Gasteiger partial charge is 0.416 e. The lowest BCUT2D eigenvalue weighted by molar-refractivity contribution is -0.137. The second-order valence-electron chi connectivity index (χ2n) is 8.32. The summed E-state index contributed by atoms with van der Waals surface area (Å²) in [7, 11) is 0. The molecule has 170 valence electrons. The molecular formula is C22H24ClF3N6. The molecule has 10 heteroatoms. The summed E-state index contributed by atoms with van der Waals surface area (Å²) in [6.45, 7) is 5.81. The molecule has 3 aromatic rings. The highest BCUT2D eigenvalue weighted by atomic mass is 35.5. The van der Waals surface area contributed by atoms with Gasteiger partial charge in [-0.05, 0) is 67.1 Å². The minimum Gasteiger partial charge on any atom is -0.399 e. The molecule has 3 heterocycles. The van der Waals surface area contributed by atoms with E-state index in [1.54, 1.807) is 13.1 Å². The molecule has 1 fully saturated rings. The van der Waals surface area contributed by atoms with Crippen LogP contribution in [0, 0.1) is 5.92 Å². The number of nitrogens with two attached hydrogens (primary N) is 1. The zero-order valence-electron chi connectivity index (χ0n) is 17.7. The van der Waals surface area contributed by atoms with E-state index in [9.17, 15) is 13.2 Å². The molecule has 0 spiro atoms. The first-order valence-electron chi connectivity index (χ1n) is 10.4. The molecular weight excluding hydrogens is 441 g/mol. The van der Waals surface area contributed by atoms with E-state index in [1.165, 1.54) is 6.07 Å².